The molecule has 2 aromatic carbocycles. The predicted molar refractivity (Wildman–Crippen MR) is 90.7 cm³/mol. The minimum atomic E-state index is -0.261. The molecule has 21 heavy (non-hydrogen) atoms. The summed E-state index contributed by atoms with van der Waals surface area (Å²) in [5, 5.41) is 4.50. The Morgan fingerprint density at radius 3 is 2.52 bits per heavy atom. The van der Waals surface area contributed by atoms with Crippen LogP contribution in [0.5, 0.6) is 0 Å². The Hall–Kier alpha value is -0.610. The van der Waals surface area contributed by atoms with Gasteiger partial charge in [0.15, 0.2) is 0 Å². The zero-order chi connectivity index (χ0) is 15.4. The lowest BCUT2D eigenvalue weighted by Gasteiger charge is -2.19. The van der Waals surface area contributed by atoms with Gasteiger partial charge in [-0.05, 0) is 64.3 Å². The van der Waals surface area contributed by atoms with Gasteiger partial charge in [-0.2, -0.15) is 0 Å². The van der Waals surface area contributed by atoms with Crippen LogP contribution >= 0.6 is 39.1 Å². The summed E-state index contributed by atoms with van der Waals surface area (Å²) in [4.78, 5) is 0. The molecule has 2 rings (SSSR count). The quantitative estimate of drug-likeness (QED) is 0.681. The van der Waals surface area contributed by atoms with Crippen LogP contribution in [0.2, 0.25) is 10.0 Å². The Bertz CT molecular complexity index is 634. The third kappa shape index (κ3) is 4.43. The van der Waals surface area contributed by atoms with E-state index in [1.807, 2.05) is 19.1 Å². The highest BCUT2D eigenvalue weighted by molar-refractivity contribution is 9.10. The van der Waals surface area contributed by atoms with E-state index in [9.17, 15) is 4.39 Å². The maximum Gasteiger partial charge on any atom is 0.137 e. The molecule has 0 bridgehead atoms. The minimum absolute atomic E-state index is 0.0872. The normalized spacial score (nSPS) is 12.4. The third-order valence-electron chi connectivity index (χ3n) is 3.22. The molecule has 0 fully saturated rings. The summed E-state index contributed by atoms with van der Waals surface area (Å²) in [6.45, 7) is 2.86. The molecule has 1 nitrogen and oxygen atoms in total. The summed E-state index contributed by atoms with van der Waals surface area (Å²) >= 11 is 15.2. The highest BCUT2D eigenvalue weighted by atomic mass is 79.9. The number of benzene rings is 2. The molecule has 0 heterocycles. The van der Waals surface area contributed by atoms with Gasteiger partial charge in [-0.15, -0.1) is 0 Å². The Labute approximate surface area is 142 Å². The fourth-order valence-corrected chi connectivity index (χ4v) is 2.90. The van der Waals surface area contributed by atoms with Crippen molar-refractivity contribution >= 4 is 39.1 Å². The number of likely N-dealkylation sites (N-methyl/N-ethyl adjacent to an activating group) is 1. The standard InChI is InChI=1S/C16H15BrCl2FN/c1-2-21-16(11-4-6-15(20)12(17)9-11)8-10-3-5-13(18)14(19)7-10/h3-7,9,16,21H,2,8H2,1H3. The van der Waals surface area contributed by atoms with Crippen LogP contribution in [0.15, 0.2) is 40.9 Å². The van der Waals surface area contributed by atoms with Crippen molar-refractivity contribution in [3.63, 3.8) is 0 Å². The maximum absolute atomic E-state index is 13.4. The van der Waals surface area contributed by atoms with Gasteiger partial charge in [-0.1, -0.05) is 42.3 Å². The van der Waals surface area contributed by atoms with Gasteiger partial charge < -0.3 is 5.32 Å². The molecule has 1 unspecified atom stereocenters. The van der Waals surface area contributed by atoms with E-state index in [1.54, 1.807) is 18.2 Å². The van der Waals surface area contributed by atoms with E-state index in [0.29, 0.717) is 14.5 Å². The van der Waals surface area contributed by atoms with Crippen LogP contribution in [0.1, 0.15) is 24.1 Å². The van der Waals surface area contributed by atoms with Crippen LogP contribution in [0.3, 0.4) is 0 Å². The Balaban J connectivity index is 2.25. The second-order valence-corrected chi connectivity index (χ2v) is 6.41. The molecular formula is C16H15BrCl2FN. The van der Waals surface area contributed by atoms with Gasteiger partial charge in [-0.25, -0.2) is 4.39 Å². The molecule has 0 saturated carbocycles. The summed E-state index contributed by atoms with van der Waals surface area (Å²) < 4.78 is 13.8. The van der Waals surface area contributed by atoms with E-state index >= 15 is 0 Å². The first kappa shape index (κ1) is 16.8. The van der Waals surface area contributed by atoms with E-state index in [4.69, 9.17) is 23.2 Å². The van der Waals surface area contributed by atoms with Gasteiger partial charge in [0.2, 0.25) is 0 Å². The van der Waals surface area contributed by atoms with Gasteiger partial charge in [0.1, 0.15) is 5.82 Å². The molecule has 0 aliphatic carbocycles. The molecule has 5 heteroatoms. The van der Waals surface area contributed by atoms with Crippen molar-refractivity contribution in [2.45, 2.75) is 19.4 Å². The zero-order valence-electron chi connectivity index (χ0n) is 11.5. The maximum atomic E-state index is 13.4. The largest absolute Gasteiger partial charge is 0.310 e. The van der Waals surface area contributed by atoms with E-state index in [2.05, 4.69) is 21.2 Å². The van der Waals surface area contributed by atoms with Crippen molar-refractivity contribution in [3.8, 4) is 0 Å². The predicted octanol–water partition coefficient (Wildman–Crippen LogP) is 5.79. The van der Waals surface area contributed by atoms with Crippen molar-refractivity contribution in [3.05, 3.63) is 67.9 Å². The monoisotopic (exact) mass is 389 g/mol. The van der Waals surface area contributed by atoms with Crippen LogP contribution in [-0.2, 0) is 6.42 Å². The molecule has 0 amide bonds. The zero-order valence-corrected chi connectivity index (χ0v) is 14.6. The topological polar surface area (TPSA) is 12.0 Å². The van der Waals surface area contributed by atoms with Gasteiger partial charge in [0, 0.05) is 6.04 Å². The van der Waals surface area contributed by atoms with E-state index in [0.717, 1.165) is 24.1 Å². The van der Waals surface area contributed by atoms with Crippen LogP contribution in [0.25, 0.3) is 0 Å². The van der Waals surface area contributed by atoms with E-state index < -0.39 is 0 Å². The van der Waals surface area contributed by atoms with Gasteiger partial charge >= 0.3 is 0 Å². The molecule has 1 atom stereocenters. The Morgan fingerprint density at radius 1 is 1.14 bits per heavy atom. The lowest BCUT2D eigenvalue weighted by molar-refractivity contribution is 0.546. The van der Waals surface area contributed by atoms with Crippen LogP contribution < -0.4 is 5.32 Å². The molecule has 0 spiro atoms. The average molecular weight is 391 g/mol. The SMILES string of the molecule is CCNC(Cc1ccc(Cl)c(Cl)c1)c1ccc(F)c(Br)c1. The van der Waals surface area contributed by atoms with Crippen molar-refractivity contribution in [1.29, 1.82) is 0 Å². The second-order valence-electron chi connectivity index (χ2n) is 4.74. The third-order valence-corrected chi connectivity index (χ3v) is 4.57. The molecule has 0 saturated heterocycles. The number of hydrogen-bond acceptors (Lipinski definition) is 1. The summed E-state index contributed by atoms with van der Waals surface area (Å²) in [5.74, 6) is -0.261. The van der Waals surface area contributed by atoms with Crippen molar-refractivity contribution < 1.29 is 4.39 Å². The van der Waals surface area contributed by atoms with Crippen LogP contribution in [0.4, 0.5) is 4.39 Å². The molecule has 0 radical (unpaired) electrons. The first-order chi connectivity index (χ1) is 10.0. The highest BCUT2D eigenvalue weighted by Crippen LogP contribution is 2.27. The van der Waals surface area contributed by atoms with Gasteiger partial charge in [-0.3, -0.25) is 0 Å². The number of nitrogens with one attached hydrogen (secondary N) is 1. The summed E-state index contributed by atoms with van der Waals surface area (Å²) in [6, 6.07) is 10.8. The summed E-state index contributed by atoms with van der Waals surface area (Å²) in [7, 11) is 0. The summed E-state index contributed by atoms with van der Waals surface area (Å²) in [6.07, 6.45) is 0.753. The van der Waals surface area contributed by atoms with Gasteiger partial charge in [0.05, 0.1) is 14.5 Å². The van der Waals surface area contributed by atoms with E-state index in [-0.39, 0.29) is 11.9 Å². The Morgan fingerprint density at radius 2 is 1.90 bits per heavy atom. The second kappa shape index (κ2) is 7.59. The molecule has 112 valence electrons. The molecule has 0 aliphatic heterocycles. The highest BCUT2D eigenvalue weighted by Gasteiger charge is 2.13. The van der Waals surface area contributed by atoms with Gasteiger partial charge in [0.25, 0.3) is 0 Å². The fraction of sp³-hybridized carbons (Fsp3) is 0.250. The Kier molecular flexibility index (Phi) is 6.06. The first-order valence-corrected chi connectivity index (χ1v) is 8.18. The molecular weight excluding hydrogens is 376 g/mol. The number of rotatable bonds is 5. The summed E-state index contributed by atoms with van der Waals surface area (Å²) in [5.41, 5.74) is 2.10. The number of halogens is 4. The van der Waals surface area contributed by atoms with Crippen LogP contribution in [0, 0.1) is 5.82 Å². The number of hydrogen-bond donors (Lipinski definition) is 1. The van der Waals surface area contributed by atoms with Crippen molar-refractivity contribution in [2.75, 3.05) is 6.54 Å². The average Bonchev–Trinajstić information content (AvgIpc) is 2.45. The van der Waals surface area contributed by atoms with Crippen molar-refractivity contribution in [2.24, 2.45) is 0 Å². The fourth-order valence-electron chi connectivity index (χ4n) is 2.19. The molecule has 0 aromatic heterocycles. The first-order valence-electron chi connectivity index (χ1n) is 6.63. The molecule has 2 aromatic rings. The molecule has 1 N–H and O–H groups in total. The smallest absolute Gasteiger partial charge is 0.137 e. The minimum Gasteiger partial charge on any atom is -0.310 e. The van der Waals surface area contributed by atoms with E-state index in [1.165, 1.54) is 6.07 Å². The van der Waals surface area contributed by atoms with Crippen LogP contribution in [-0.4, -0.2) is 6.54 Å². The van der Waals surface area contributed by atoms with Crippen molar-refractivity contribution in [1.82, 2.24) is 5.32 Å². The lowest BCUT2D eigenvalue weighted by Crippen LogP contribution is -2.23. The molecule has 0 aliphatic rings. The lowest BCUT2D eigenvalue weighted by atomic mass is 9.99.